The van der Waals surface area contributed by atoms with Crippen LogP contribution >= 0.6 is 0 Å². The van der Waals surface area contributed by atoms with E-state index in [9.17, 15) is 13.2 Å². The fourth-order valence-electron chi connectivity index (χ4n) is 3.34. The predicted octanol–water partition coefficient (Wildman–Crippen LogP) is 2.00. The normalized spacial score (nSPS) is 17.5. The van der Waals surface area contributed by atoms with E-state index in [2.05, 4.69) is 4.98 Å². The molecule has 0 unspecified atom stereocenters. The Labute approximate surface area is 159 Å². The van der Waals surface area contributed by atoms with Crippen LogP contribution in [0.3, 0.4) is 0 Å². The molecular weight excluding hydrogens is 364 g/mol. The first-order valence-corrected chi connectivity index (χ1v) is 10.5. The van der Waals surface area contributed by atoms with E-state index in [0.717, 1.165) is 19.4 Å². The highest BCUT2D eigenvalue weighted by molar-refractivity contribution is 7.92. The summed E-state index contributed by atoms with van der Waals surface area (Å²) in [5.41, 5.74) is 6.04. The molecule has 2 aromatic rings. The number of nitrogens with zero attached hydrogens (tertiary/aromatic N) is 3. The molecule has 1 amide bonds. The van der Waals surface area contributed by atoms with Crippen molar-refractivity contribution in [3.8, 4) is 0 Å². The van der Waals surface area contributed by atoms with Gasteiger partial charge in [0.15, 0.2) is 0 Å². The number of para-hydroxylation sites is 1. The van der Waals surface area contributed by atoms with Gasteiger partial charge in [0.2, 0.25) is 5.91 Å². The van der Waals surface area contributed by atoms with Gasteiger partial charge in [0.25, 0.3) is 10.0 Å². The molecule has 0 aliphatic carbocycles. The van der Waals surface area contributed by atoms with Crippen LogP contribution in [0.25, 0.3) is 0 Å². The molecule has 1 saturated heterocycles. The minimum atomic E-state index is -3.70. The van der Waals surface area contributed by atoms with Crippen LogP contribution in [0.4, 0.5) is 11.5 Å². The molecule has 1 aliphatic rings. The molecule has 1 atom stereocenters. The van der Waals surface area contributed by atoms with Crippen LogP contribution in [-0.4, -0.2) is 38.9 Å². The average molecular weight is 388 g/mol. The van der Waals surface area contributed by atoms with Gasteiger partial charge >= 0.3 is 0 Å². The van der Waals surface area contributed by atoms with E-state index in [-0.39, 0.29) is 16.7 Å². The second kappa shape index (κ2) is 7.96. The fraction of sp³-hybridized carbons (Fsp3) is 0.368. The third kappa shape index (κ3) is 4.05. The summed E-state index contributed by atoms with van der Waals surface area (Å²) in [6, 6.07) is 12.2. The Balaban J connectivity index is 1.83. The van der Waals surface area contributed by atoms with Gasteiger partial charge in [-0.25, -0.2) is 13.4 Å². The second-order valence-corrected chi connectivity index (χ2v) is 8.41. The number of anilines is 2. The average Bonchev–Trinajstić information content (AvgIpc) is 2.69. The summed E-state index contributed by atoms with van der Waals surface area (Å²) >= 11 is 0. The summed E-state index contributed by atoms with van der Waals surface area (Å²) in [5.74, 6) is 0.153. The van der Waals surface area contributed by atoms with Crippen molar-refractivity contribution in [1.82, 2.24) is 4.98 Å². The van der Waals surface area contributed by atoms with Crippen molar-refractivity contribution in [1.29, 1.82) is 0 Å². The van der Waals surface area contributed by atoms with Crippen molar-refractivity contribution < 1.29 is 13.2 Å². The van der Waals surface area contributed by atoms with E-state index in [1.807, 2.05) is 11.0 Å². The summed E-state index contributed by atoms with van der Waals surface area (Å²) in [5, 5.41) is 0. The van der Waals surface area contributed by atoms with Gasteiger partial charge in [0.05, 0.1) is 11.6 Å². The van der Waals surface area contributed by atoms with Gasteiger partial charge in [0.1, 0.15) is 10.7 Å². The Morgan fingerprint density at radius 3 is 2.59 bits per heavy atom. The van der Waals surface area contributed by atoms with Gasteiger partial charge in [-0.3, -0.25) is 9.10 Å². The van der Waals surface area contributed by atoms with Crippen molar-refractivity contribution in [2.75, 3.05) is 28.8 Å². The van der Waals surface area contributed by atoms with E-state index in [1.54, 1.807) is 43.3 Å². The van der Waals surface area contributed by atoms with E-state index >= 15 is 0 Å². The number of amides is 1. The van der Waals surface area contributed by atoms with Gasteiger partial charge < -0.3 is 10.6 Å². The molecule has 1 aliphatic heterocycles. The smallest absolute Gasteiger partial charge is 0.265 e. The van der Waals surface area contributed by atoms with E-state index < -0.39 is 10.0 Å². The number of aromatic nitrogens is 1. The highest BCUT2D eigenvalue weighted by atomic mass is 32.2. The topological polar surface area (TPSA) is 96.6 Å². The number of piperidine rings is 1. The summed E-state index contributed by atoms with van der Waals surface area (Å²) in [4.78, 5) is 17.9. The van der Waals surface area contributed by atoms with E-state index in [0.29, 0.717) is 24.6 Å². The van der Waals surface area contributed by atoms with Crippen molar-refractivity contribution in [2.45, 2.75) is 24.7 Å². The molecule has 1 fully saturated rings. The van der Waals surface area contributed by atoms with Gasteiger partial charge in [-0.2, -0.15) is 0 Å². The Morgan fingerprint density at radius 2 is 2.00 bits per heavy atom. The number of hydrogen-bond acceptors (Lipinski definition) is 5. The lowest BCUT2D eigenvalue weighted by Crippen LogP contribution is -2.41. The van der Waals surface area contributed by atoms with Gasteiger partial charge in [0, 0.05) is 25.8 Å². The number of hydrogen-bond donors (Lipinski definition) is 1. The largest absolute Gasteiger partial charge is 0.369 e. The molecule has 3 rings (SSSR count). The van der Waals surface area contributed by atoms with Crippen LogP contribution in [0, 0.1) is 5.92 Å². The molecule has 27 heavy (non-hydrogen) atoms. The summed E-state index contributed by atoms with van der Waals surface area (Å²) in [7, 11) is -3.70. The lowest BCUT2D eigenvalue weighted by Gasteiger charge is -2.32. The SMILES string of the molecule is CCN(c1ccccc1)S(=O)(=O)c1ccc(N2CCC[C@@H](C(N)=O)C2)nc1. The van der Waals surface area contributed by atoms with Crippen LogP contribution in [0.2, 0.25) is 0 Å². The number of pyridine rings is 1. The highest BCUT2D eigenvalue weighted by Gasteiger charge is 2.27. The molecule has 8 heteroatoms. The fourth-order valence-corrected chi connectivity index (χ4v) is 4.76. The number of benzene rings is 1. The molecule has 1 aromatic heterocycles. The zero-order valence-corrected chi connectivity index (χ0v) is 16.1. The molecule has 0 saturated carbocycles. The summed E-state index contributed by atoms with van der Waals surface area (Å²) in [6.45, 7) is 3.40. The Kier molecular flexibility index (Phi) is 5.65. The zero-order valence-electron chi connectivity index (χ0n) is 15.3. The van der Waals surface area contributed by atoms with Crippen LogP contribution in [0.15, 0.2) is 53.6 Å². The van der Waals surface area contributed by atoms with Crippen LogP contribution in [-0.2, 0) is 14.8 Å². The van der Waals surface area contributed by atoms with Crippen LogP contribution in [0.5, 0.6) is 0 Å². The quantitative estimate of drug-likeness (QED) is 0.816. The van der Waals surface area contributed by atoms with Crippen molar-refractivity contribution in [2.24, 2.45) is 11.7 Å². The Morgan fingerprint density at radius 1 is 1.26 bits per heavy atom. The molecular formula is C19H24N4O3S. The molecule has 1 aromatic carbocycles. The number of primary amides is 1. The number of rotatable bonds is 6. The van der Waals surface area contributed by atoms with E-state index in [1.165, 1.54) is 10.5 Å². The van der Waals surface area contributed by atoms with Crippen molar-refractivity contribution in [3.63, 3.8) is 0 Å². The first kappa shape index (κ1) is 19.2. The molecule has 0 radical (unpaired) electrons. The molecule has 144 valence electrons. The number of carbonyl (C=O) groups excluding carboxylic acids is 1. The molecule has 7 nitrogen and oxygen atoms in total. The van der Waals surface area contributed by atoms with Crippen LogP contribution in [0.1, 0.15) is 19.8 Å². The van der Waals surface area contributed by atoms with Crippen molar-refractivity contribution in [3.05, 3.63) is 48.7 Å². The maximum Gasteiger partial charge on any atom is 0.265 e. The zero-order chi connectivity index (χ0) is 19.4. The first-order valence-electron chi connectivity index (χ1n) is 9.01. The lowest BCUT2D eigenvalue weighted by atomic mass is 9.97. The Hall–Kier alpha value is -2.61. The monoisotopic (exact) mass is 388 g/mol. The number of nitrogens with two attached hydrogens (primary N) is 1. The third-order valence-electron chi connectivity index (χ3n) is 4.79. The molecule has 2 N–H and O–H groups in total. The first-order chi connectivity index (χ1) is 12.9. The predicted molar refractivity (Wildman–Crippen MR) is 105 cm³/mol. The third-order valence-corrected chi connectivity index (χ3v) is 6.67. The van der Waals surface area contributed by atoms with E-state index in [4.69, 9.17) is 5.73 Å². The molecule has 2 heterocycles. The van der Waals surface area contributed by atoms with Gasteiger partial charge in [-0.15, -0.1) is 0 Å². The molecule has 0 spiro atoms. The second-order valence-electron chi connectivity index (χ2n) is 6.54. The van der Waals surface area contributed by atoms with Crippen LogP contribution < -0.4 is 14.9 Å². The standard InChI is InChI=1S/C19H24N4O3S/c1-2-23(16-8-4-3-5-9-16)27(25,26)17-10-11-18(21-13-17)22-12-6-7-15(14-22)19(20)24/h3-5,8-11,13,15H,2,6-7,12,14H2,1H3,(H2,20,24)/t15-/m1/s1. The Bertz CT molecular complexity index is 885. The number of carbonyl (C=O) groups is 1. The number of sulfonamides is 1. The van der Waals surface area contributed by atoms with Crippen molar-refractivity contribution >= 4 is 27.4 Å². The molecule has 0 bridgehead atoms. The maximum absolute atomic E-state index is 13.0. The highest BCUT2D eigenvalue weighted by Crippen LogP contribution is 2.25. The summed E-state index contributed by atoms with van der Waals surface area (Å²) in [6.07, 6.45) is 3.01. The lowest BCUT2D eigenvalue weighted by molar-refractivity contribution is -0.122. The van der Waals surface area contributed by atoms with Gasteiger partial charge in [-0.1, -0.05) is 18.2 Å². The van der Waals surface area contributed by atoms with Gasteiger partial charge in [-0.05, 0) is 44.0 Å². The minimum Gasteiger partial charge on any atom is -0.369 e. The maximum atomic E-state index is 13.0. The minimum absolute atomic E-state index is 0.139. The summed E-state index contributed by atoms with van der Waals surface area (Å²) < 4.78 is 27.4.